The summed E-state index contributed by atoms with van der Waals surface area (Å²) >= 11 is 0. The van der Waals surface area contributed by atoms with Crippen LogP contribution in [-0.4, -0.2) is 37.0 Å². The van der Waals surface area contributed by atoms with E-state index in [-0.39, 0.29) is 11.9 Å². The standard InChI is InChI=1S/C19H28N2O2/c1-14-7-9-15(10-8-14)21(2)13-19(22)20-17-11-12-23-18-6-4-3-5-16(17)18/h3-6,14-15,17H,7-13H2,1-2H3,(H,20,22). The van der Waals surface area contributed by atoms with Crippen molar-refractivity contribution in [3.05, 3.63) is 29.8 Å². The van der Waals surface area contributed by atoms with Gasteiger partial charge in [0.05, 0.1) is 19.2 Å². The van der Waals surface area contributed by atoms with E-state index in [1.54, 1.807) is 0 Å². The molecule has 1 aromatic rings. The summed E-state index contributed by atoms with van der Waals surface area (Å²) in [7, 11) is 2.08. The van der Waals surface area contributed by atoms with E-state index in [0.717, 1.165) is 23.7 Å². The molecule has 4 heteroatoms. The second-order valence-electron chi connectivity index (χ2n) is 7.12. The number of fused-ring (bicyclic) bond motifs is 1. The Balaban J connectivity index is 1.54. The number of nitrogens with zero attached hydrogens (tertiary/aromatic N) is 1. The number of para-hydroxylation sites is 1. The van der Waals surface area contributed by atoms with Crippen LogP contribution in [0.15, 0.2) is 24.3 Å². The number of hydrogen-bond donors (Lipinski definition) is 1. The topological polar surface area (TPSA) is 41.6 Å². The summed E-state index contributed by atoms with van der Waals surface area (Å²) < 4.78 is 5.66. The third kappa shape index (κ3) is 4.05. The monoisotopic (exact) mass is 316 g/mol. The highest BCUT2D eigenvalue weighted by Crippen LogP contribution is 2.31. The van der Waals surface area contributed by atoms with Crippen molar-refractivity contribution in [2.24, 2.45) is 5.92 Å². The maximum Gasteiger partial charge on any atom is 0.234 e. The predicted molar refractivity (Wildman–Crippen MR) is 91.5 cm³/mol. The molecule has 1 saturated carbocycles. The van der Waals surface area contributed by atoms with Gasteiger partial charge in [-0.1, -0.05) is 25.1 Å². The van der Waals surface area contributed by atoms with Gasteiger partial charge in [-0.05, 0) is 44.7 Å². The van der Waals surface area contributed by atoms with E-state index >= 15 is 0 Å². The second-order valence-corrected chi connectivity index (χ2v) is 7.12. The summed E-state index contributed by atoms with van der Waals surface area (Å²) in [6.07, 6.45) is 5.83. The number of ether oxygens (including phenoxy) is 1. The Morgan fingerprint density at radius 3 is 2.74 bits per heavy atom. The van der Waals surface area contributed by atoms with Crippen molar-refractivity contribution in [1.82, 2.24) is 10.2 Å². The fourth-order valence-corrected chi connectivity index (χ4v) is 3.77. The average molecular weight is 316 g/mol. The first-order valence-corrected chi connectivity index (χ1v) is 8.85. The van der Waals surface area contributed by atoms with E-state index in [1.165, 1.54) is 25.7 Å². The zero-order valence-corrected chi connectivity index (χ0v) is 14.3. The number of hydrogen-bond acceptors (Lipinski definition) is 3. The van der Waals surface area contributed by atoms with Crippen LogP contribution in [0, 0.1) is 5.92 Å². The molecule has 0 bridgehead atoms. The molecule has 0 spiro atoms. The highest BCUT2D eigenvalue weighted by Gasteiger charge is 2.26. The largest absolute Gasteiger partial charge is 0.493 e. The van der Waals surface area contributed by atoms with E-state index < -0.39 is 0 Å². The fraction of sp³-hybridized carbons (Fsp3) is 0.632. The molecule has 1 N–H and O–H groups in total. The van der Waals surface area contributed by atoms with Crippen LogP contribution in [0.1, 0.15) is 50.6 Å². The molecule has 126 valence electrons. The van der Waals surface area contributed by atoms with Crippen molar-refractivity contribution in [1.29, 1.82) is 0 Å². The van der Waals surface area contributed by atoms with E-state index in [1.807, 2.05) is 24.3 Å². The molecule has 1 heterocycles. The SMILES string of the molecule is CC1CCC(N(C)CC(=O)NC2CCOc3ccccc32)CC1. The molecule has 23 heavy (non-hydrogen) atoms. The van der Waals surface area contributed by atoms with Crippen LogP contribution in [-0.2, 0) is 4.79 Å². The number of amides is 1. The maximum absolute atomic E-state index is 12.4. The van der Waals surface area contributed by atoms with Crippen molar-refractivity contribution in [2.45, 2.75) is 51.1 Å². The first kappa shape index (κ1) is 16.3. The van der Waals surface area contributed by atoms with Gasteiger partial charge in [-0.15, -0.1) is 0 Å². The Labute approximate surface area is 139 Å². The third-order valence-corrected chi connectivity index (χ3v) is 5.30. The van der Waals surface area contributed by atoms with E-state index in [9.17, 15) is 4.79 Å². The molecule has 1 aliphatic heterocycles. The van der Waals surface area contributed by atoms with Crippen LogP contribution in [0.3, 0.4) is 0 Å². The highest BCUT2D eigenvalue weighted by atomic mass is 16.5. The summed E-state index contributed by atoms with van der Waals surface area (Å²) in [6.45, 7) is 3.47. The van der Waals surface area contributed by atoms with Crippen LogP contribution in [0.25, 0.3) is 0 Å². The molecule has 0 saturated heterocycles. The Kier molecular flexibility index (Phi) is 5.21. The quantitative estimate of drug-likeness (QED) is 0.928. The summed E-state index contributed by atoms with van der Waals surface area (Å²) in [5.74, 6) is 1.86. The minimum Gasteiger partial charge on any atom is -0.493 e. The fourth-order valence-electron chi connectivity index (χ4n) is 3.77. The predicted octanol–water partition coefficient (Wildman–Crippen LogP) is 3.14. The molecule has 0 radical (unpaired) electrons. The van der Waals surface area contributed by atoms with Crippen LogP contribution >= 0.6 is 0 Å². The number of rotatable bonds is 4. The Morgan fingerprint density at radius 1 is 1.22 bits per heavy atom. The van der Waals surface area contributed by atoms with Crippen LogP contribution in [0.5, 0.6) is 5.75 Å². The highest BCUT2D eigenvalue weighted by molar-refractivity contribution is 5.78. The maximum atomic E-state index is 12.4. The van der Waals surface area contributed by atoms with E-state index in [4.69, 9.17) is 4.74 Å². The first-order chi connectivity index (χ1) is 11.1. The second kappa shape index (κ2) is 7.35. The van der Waals surface area contributed by atoms with Gasteiger partial charge in [0.15, 0.2) is 0 Å². The lowest BCUT2D eigenvalue weighted by atomic mass is 9.87. The molecular weight excluding hydrogens is 288 g/mol. The molecule has 0 aromatic heterocycles. The molecule has 3 rings (SSSR count). The number of nitrogens with one attached hydrogen (secondary N) is 1. The summed E-state index contributed by atoms with van der Waals surface area (Å²) in [6, 6.07) is 8.63. The van der Waals surface area contributed by atoms with Gasteiger partial charge < -0.3 is 10.1 Å². The molecule has 1 fully saturated rings. The molecule has 1 atom stereocenters. The first-order valence-electron chi connectivity index (χ1n) is 8.85. The lowest BCUT2D eigenvalue weighted by Gasteiger charge is -2.34. The van der Waals surface area contributed by atoms with E-state index in [0.29, 0.717) is 19.2 Å². The van der Waals surface area contributed by atoms with Gasteiger partial charge in [0, 0.05) is 18.0 Å². The molecule has 1 unspecified atom stereocenters. The number of likely N-dealkylation sites (N-methyl/N-ethyl adjacent to an activating group) is 1. The minimum atomic E-state index is 0.0761. The van der Waals surface area contributed by atoms with Crippen molar-refractivity contribution in [3.63, 3.8) is 0 Å². The van der Waals surface area contributed by atoms with Gasteiger partial charge in [0.2, 0.25) is 5.91 Å². The van der Waals surface area contributed by atoms with Gasteiger partial charge in [-0.2, -0.15) is 0 Å². The van der Waals surface area contributed by atoms with Gasteiger partial charge in [-0.3, -0.25) is 9.69 Å². The van der Waals surface area contributed by atoms with Gasteiger partial charge >= 0.3 is 0 Å². The van der Waals surface area contributed by atoms with Crippen LogP contribution in [0.2, 0.25) is 0 Å². The van der Waals surface area contributed by atoms with Gasteiger partial charge in [0.25, 0.3) is 0 Å². The Bertz CT molecular complexity index is 538. The van der Waals surface area contributed by atoms with Gasteiger partial charge in [0.1, 0.15) is 5.75 Å². The number of carbonyl (C=O) groups is 1. The minimum absolute atomic E-state index is 0.0761. The Hall–Kier alpha value is -1.55. The molecule has 1 aromatic carbocycles. The van der Waals surface area contributed by atoms with Crippen LogP contribution in [0.4, 0.5) is 0 Å². The van der Waals surface area contributed by atoms with Crippen molar-refractivity contribution < 1.29 is 9.53 Å². The number of carbonyl (C=O) groups excluding carboxylic acids is 1. The summed E-state index contributed by atoms with van der Waals surface area (Å²) in [4.78, 5) is 14.7. The Morgan fingerprint density at radius 2 is 1.96 bits per heavy atom. The normalized spacial score (nSPS) is 27.2. The summed E-state index contributed by atoms with van der Waals surface area (Å²) in [5.41, 5.74) is 1.10. The average Bonchev–Trinajstić information content (AvgIpc) is 2.55. The lowest BCUT2D eigenvalue weighted by molar-refractivity contribution is -0.123. The van der Waals surface area contributed by atoms with Crippen molar-refractivity contribution >= 4 is 5.91 Å². The molecule has 4 nitrogen and oxygen atoms in total. The summed E-state index contributed by atoms with van der Waals surface area (Å²) in [5, 5.41) is 3.19. The lowest BCUT2D eigenvalue weighted by Crippen LogP contribution is -2.43. The molecule has 1 amide bonds. The van der Waals surface area contributed by atoms with Gasteiger partial charge in [-0.25, -0.2) is 0 Å². The zero-order chi connectivity index (χ0) is 16.2. The zero-order valence-electron chi connectivity index (χ0n) is 14.3. The van der Waals surface area contributed by atoms with Crippen molar-refractivity contribution in [3.8, 4) is 5.75 Å². The molecule has 2 aliphatic rings. The molecule has 1 aliphatic carbocycles. The van der Waals surface area contributed by atoms with E-state index in [2.05, 4.69) is 24.2 Å². The third-order valence-electron chi connectivity index (χ3n) is 5.30. The van der Waals surface area contributed by atoms with Crippen molar-refractivity contribution in [2.75, 3.05) is 20.2 Å². The number of benzene rings is 1. The molecular formula is C19H28N2O2. The van der Waals surface area contributed by atoms with Crippen LogP contribution < -0.4 is 10.1 Å². The smallest absolute Gasteiger partial charge is 0.234 e.